The maximum atomic E-state index is 12.5. The molecule has 0 unspecified atom stereocenters. The van der Waals surface area contributed by atoms with Gasteiger partial charge >= 0.3 is 5.97 Å². The van der Waals surface area contributed by atoms with E-state index in [9.17, 15) is 9.59 Å². The van der Waals surface area contributed by atoms with Gasteiger partial charge in [0.25, 0.3) is 5.91 Å². The Labute approximate surface area is 163 Å². The molecule has 0 saturated heterocycles. The topological polar surface area (TPSA) is 79.2 Å². The quantitative estimate of drug-likeness (QED) is 0.667. The van der Waals surface area contributed by atoms with E-state index in [-0.39, 0.29) is 0 Å². The van der Waals surface area contributed by atoms with E-state index in [1.165, 1.54) is 0 Å². The van der Waals surface area contributed by atoms with Crippen LogP contribution >= 0.6 is 0 Å². The normalized spacial score (nSPS) is 9.96. The molecule has 0 fully saturated rings. The zero-order valence-corrected chi connectivity index (χ0v) is 15.1. The highest BCUT2D eigenvalue weighted by molar-refractivity contribution is 5.96. The van der Waals surface area contributed by atoms with Crippen molar-refractivity contribution in [3.63, 3.8) is 0 Å². The number of hydrogen-bond donors (Lipinski definition) is 1. The van der Waals surface area contributed by atoms with Crippen LogP contribution in [0.25, 0.3) is 0 Å². The molecule has 138 valence electrons. The molecule has 0 aliphatic heterocycles. The lowest BCUT2D eigenvalue weighted by molar-refractivity contribution is -0.119. The summed E-state index contributed by atoms with van der Waals surface area (Å²) in [6.45, 7) is -0.432. The molecule has 0 saturated carbocycles. The Kier molecular flexibility index (Phi) is 6.17. The Morgan fingerprint density at radius 1 is 0.893 bits per heavy atom. The Morgan fingerprint density at radius 2 is 1.57 bits per heavy atom. The van der Waals surface area contributed by atoms with Gasteiger partial charge in [-0.1, -0.05) is 60.7 Å². The number of esters is 1. The van der Waals surface area contributed by atoms with Gasteiger partial charge in [-0.3, -0.25) is 4.79 Å². The molecule has 0 radical (unpaired) electrons. The Balaban J connectivity index is 1.64. The van der Waals surface area contributed by atoms with Gasteiger partial charge in [0.2, 0.25) is 0 Å². The SMILES string of the molecule is N#Cc1ccccc1NC(=O)COC(=O)c1ccccc1Cc1ccccc1. The van der Waals surface area contributed by atoms with Crippen molar-refractivity contribution in [2.45, 2.75) is 6.42 Å². The largest absolute Gasteiger partial charge is 0.452 e. The number of carbonyl (C=O) groups excluding carboxylic acids is 2. The zero-order valence-electron chi connectivity index (χ0n) is 15.1. The van der Waals surface area contributed by atoms with Crippen molar-refractivity contribution >= 4 is 17.6 Å². The predicted octanol–water partition coefficient (Wildman–Crippen LogP) is 3.94. The van der Waals surface area contributed by atoms with Crippen molar-refractivity contribution in [2.75, 3.05) is 11.9 Å². The standard InChI is InChI=1S/C23H18N2O3/c24-15-19-11-5-7-13-21(19)25-22(26)16-28-23(27)20-12-6-4-10-18(20)14-17-8-2-1-3-9-17/h1-13H,14,16H2,(H,25,26). The molecule has 1 amide bonds. The van der Waals surface area contributed by atoms with Crippen molar-refractivity contribution in [1.82, 2.24) is 0 Å². The summed E-state index contributed by atoms with van der Waals surface area (Å²) in [4.78, 5) is 24.6. The first-order chi connectivity index (χ1) is 13.7. The summed E-state index contributed by atoms with van der Waals surface area (Å²) < 4.78 is 5.18. The van der Waals surface area contributed by atoms with Crippen molar-refractivity contribution < 1.29 is 14.3 Å². The molecule has 3 aromatic carbocycles. The molecule has 1 N–H and O–H groups in total. The second kappa shape index (κ2) is 9.15. The number of ether oxygens (including phenoxy) is 1. The van der Waals surface area contributed by atoms with E-state index in [1.807, 2.05) is 48.5 Å². The highest BCUT2D eigenvalue weighted by atomic mass is 16.5. The molecule has 0 atom stereocenters. The van der Waals surface area contributed by atoms with Gasteiger partial charge in [0.1, 0.15) is 6.07 Å². The first kappa shape index (κ1) is 18.9. The zero-order chi connectivity index (χ0) is 19.8. The minimum Gasteiger partial charge on any atom is -0.452 e. The summed E-state index contributed by atoms with van der Waals surface area (Å²) in [5.41, 5.74) is 3.06. The number of carbonyl (C=O) groups is 2. The van der Waals surface area contributed by atoms with Gasteiger partial charge in [0, 0.05) is 0 Å². The van der Waals surface area contributed by atoms with Gasteiger partial charge in [-0.25, -0.2) is 4.79 Å². The van der Waals surface area contributed by atoms with Crippen LogP contribution in [0.3, 0.4) is 0 Å². The third kappa shape index (κ3) is 4.83. The van der Waals surface area contributed by atoms with Crippen LogP contribution in [0, 0.1) is 11.3 Å². The molecule has 28 heavy (non-hydrogen) atoms. The van der Waals surface area contributed by atoms with Gasteiger partial charge in [-0.15, -0.1) is 0 Å². The van der Waals surface area contributed by atoms with Crippen LogP contribution in [-0.2, 0) is 16.0 Å². The van der Waals surface area contributed by atoms with Gasteiger partial charge in [-0.2, -0.15) is 5.26 Å². The van der Waals surface area contributed by atoms with Gasteiger partial charge in [0.15, 0.2) is 6.61 Å². The van der Waals surface area contributed by atoms with E-state index in [2.05, 4.69) is 5.32 Å². The maximum Gasteiger partial charge on any atom is 0.338 e. The lowest BCUT2D eigenvalue weighted by atomic mass is 10.00. The third-order valence-corrected chi connectivity index (χ3v) is 4.13. The number of para-hydroxylation sites is 1. The minimum atomic E-state index is -0.560. The van der Waals surface area contributed by atoms with E-state index < -0.39 is 18.5 Å². The molecule has 0 aliphatic rings. The first-order valence-electron chi connectivity index (χ1n) is 8.75. The Morgan fingerprint density at radius 3 is 2.36 bits per heavy atom. The van der Waals surface area contributed by atoms with E-state index >= 15 is 0 Å². The fraction of sp³-hybridized carbons (Fsp3) is 0.0870. The Bertz CT molecular complexity index is 1020. The summed E-state index contributed by atoms with van der Waals surface area (Å²) in [6.07, 6.45) is 0.591. The number of nitriles is 1. The van der Waals surface area contributed by atoms with Crippen LogP contribution in [0.1, 0.15) is 27.0 Å². The van der Waals surface area contributed by atoms with E-state index in [0.29, 0.717) is 23.2 Å². The maximum absolute atomic E-state index is 12.5. The van der Waals surface area contributed by atoms with E-state index in [4.69, 9.17) is 10.00 Å². The van der Waals surface area contributed by atoms with Gasteiger partial charge in [-0.05, 0) is 35.7 Å². The number of amides is 1. The number of benzene rings is 3. The monoisotopic (exact) mass is 370 g/mol. The van der Waals surface area contributed by atoms with E-state index in [0.717, 1.165) is 11.1 Å². The van der Waals surface area contributed by atoms with Crippen LogP contribution in [0.5, 0.6) is 0 Å². The van der Waals surface area contributed by atoms with Crippen molar-refractivity contribution in [3.8, 4) is 6.07 Å². The van der Waals surface area contributed by atoms with Gasteiger partial charge < -0.3 is 10.1 Å². The lowest BCUT2D eigenvalue weighted by Gasteiger charge is -2.10. The predicted molar refractivity (Wildman–Crippen MR) is 106 cm³/mol. The number of hydrogen-bond acceptors (Lipinski definition) is 4. The number of anilines is 1. The third-order valence-electron chi connectivity index (χ3n) is 4.13. The van der Waals surface area contributed by atoms with Crippen molar-refractivity contribution in [2.24, 2.45) is 0 Å². The molecule has 0 aromatic heterocycles. The molecule has 0 heterocycles. The highest BCUT2D eigenvalue weighted by Gasteiger charge is 2.15. The molecule has 0 spiro atoms. The summed E-state index contributed by atoms with van der Waals surface area (Å²) in [7, 11) is 0. The van der Waals surface area contributed by atoms with Crippen LogP contribution in [-0.4, -0.2) is 18.5 Å². The molecule has 0 bridgehead atoms. The lowest BCUT2D eigenvalue weighted by Crippen LogP contribution is -2.22. The highest BCUT2D eigenvalue weighted by Crippen LogP contribution is 2.16. The average molecular weight is 370 g/mol. The van der Waals surface area contributed by atoms with Crippen LogP contribution in [0.15, 0.2) is 78.9 Å². The van der Waals surface area contributed by atoms with Gasteiger partial charge in [0.05, 0.1) is 16.8 Å². The summed E-state index contributed by atoms with van der Waals surface area (Å²) >= 11 is 0. The fourth-order valence-electron chi connectivity index (χ4n) is 2.77. The second-order valence-corrected chi connectivity index (χ2v) is 6.10. The second-order valence-electron chi connectivity index (χ2n) is 6.10. The first-order valence-corrected chi connectivity index (χ1v) is 8.75. The van der Waals surface area contributed by atoms with Crippen LogP contribution in [0.2, 0.25) is 0 Å². The summed E-state index contributed by atoms with van der Waals surface area (Å²) in [6, 6.07) is 25.6. The van der Waals surface area contributed by atoms with E-state index in [1.54, 1.807) is 36.4 Å². The average Bonchev–Trinajstić information content (AvgIpc) is 2.73. The molecule has 0 aliphatic carbocycles. The molecule has 5 heteroatoms. The van der Waals surface area contributed by atoms with Crippen molar-refractivity contribution in [3.05, 3.63) is 101 Å². The number of nitrogens with one attached hydrogen (secondary N) is 1. The van der Waals surface area contributed by atoms with Crippen LogP contribution < -0.4 is 5.32 Å². The fourth-order valence-corrected chi connectivity index (χ4v) is 2.77. The molecule has 3 aromatic rings. The summed E-state index contributed by atoms with van der Waals surface area (Å²) in [5.74, 6) is -1.06. The molecule has 5 nitrogen and oxygen atoms in total. The summed E-state index contributed by atoms with van der Waals surface area (Å²) in [5, 5.41) is 11.6. The molecular weight excluding hydrogens is 352 g/mol. The molecule has 3 rings (SSSR count). The smallest absolute Gasteiger partial charge is 0.338 e. The number of nitrogens with zero attached hydrogens (tertiary/aromatic N) is 1. The van der Waals surface area contributed by atoms with Crippen LogP contribution in [0.4, 0.5) is 5.69 Å². The minimum absolute atomic E-state index is 0.343. The number of rotatable bonds is 6. The molecular formula is C23H18N2O3. The Hall–Kier alpha value is -3.91. The van der Waals surface area contributed by atoms with Crippen molar-refractivity contribution in [1.29, 1.82) is 5.26 Å².